The lowest BCUT2D eigenvalue weighted by atomic mass is 9.89. The van der Waals surface area contributed by atoms with Crippen molar-refractivity contribution in [1.82, 2.24) is 0 Å². The number of rotatable bonds is 5. The van der Waals surface area contributed by atoms with Crippen molar-refractivity contribution in [3.63, 3.8) is 0 Å². The maximum atomic E-state index is 12.5. The van der Waals surface area contributed by atoms with Gasteiger partial charge in [0.15, 0.2) is 0 Å². The monoisotopic (exact) mass is 398 g/mol. The van der Waals surface area contributed by atoms with E-state index in [0.717, 1.165) is 24.6 Å². The zero-order valence-corrected chi connectivity index (χ0v) is 17.7. The maximum Gasteiger partial charge on any atom is 0.343 e. The van der Waals surface area contributed by atoms with Crippen molar-refractivity contribution in [2.75, 3.05) is 0 Å². The number of allylic oxidation sites excluding steroid dienone is 2. The van der Waals surface area contributed by atoms with Gasteiger partial charge in [0.25, 0.3) is 0 Å². The molecule has 156 valence electrons. The zero-order valence-electron chi connectivity index (χ0n) is 17.7. The molecule has 2 aromatic rings. The van der Waals surface area contributed by atoms with Gasteiger partial charge in [-0.2, -0.15) is 0 Å². The van der Waals surface area contributed by atoms with Crippen LogP contribution in [0.25, 0.3) is 11.0 Å². The number of benzene rings is 1. The lowest BCUT2D eigenvalue weighted by Crippen LogP contribution is -2.46. The number of hydrogen-bond acceptors (Lipinski definition) is 5. The van der Waals surface area contributed by atoms with Crippen LogP contribution in [0.1, 0.15) is 58.9 Å². The molecule has 5 heteroatoms. The minimum atomic E-state index is -0.902. The minimum absolute atomic E-state index is 0.251. The van der Waals surface area contributed by atoms with Crippen LogP contribution in [-0.2, 0) is 11.2 Å². The largest absolute Gasteiger partial charge is 0.486 e. The van der Waals surface area contributed by atoms with E-state index in [0.29, 0.717) is 29.7 Å². The molecule has 0 amide bonds. The molecule has 2 unspecified atom stereocenters. The highest BCUT2D eigenvalue weighted by Crippen LogP contribution is 2.45. The number of aliphatic hydroxyl groups is 1. The fraction of sp³-hybridized carbons (Fsp3) is 0.542. The van der Waals surface area contributed by atoms with Gasteiger partial charge in [-0.25, -0.2) is 4.79 Å². The van der Waals surface area contributed by atoms with Crippen LogP contribution in [0.3, 0.4) is 0 Å². The molecule has 3 heterocycles. The van der Waals surface area contributed by atoms with Crippen LogP contribution in [0, 0.1) is 0 Å². The average molecular weight is 398 g/mol. The second-order valence-electron chi connectivity index (χ2n) is 9.14. The minimum Gasteiger partial charge on any atom is -0.486 e. The molecule has 1 aromatic heterocycles. The van der Waals surface area contributed by atoms with Crippen molar-refractivity contribution in [1.29, 1.82) is 0 Å². The second-order valence-corrected chi connectivity index (χ2v) is 9.14. The summed E-state index contributed by atoms with van der Waals surface area (Å²) in [6.45, 7) is 8.01. The Labute approximate surface area is 171 Å². The molecule has 0 spiro atoms. The fourth-order valence-corrected chi connectivity index (χ4v) is 4.53. The van der Waals surface area contributed by atoms with E-state index in [1.165, 1.54) is 5.57 Å². The molecule has 29 heavy (non-hydrogen) atoms. The fourth-order valence-electron chi connectivity index (χ4n) is 4.53. The average Bonchev–Trinajstić information content (AvgIpc) is 3.28. The lowest BCUT2D eigenvalue weighted by molar-refractivity contribution is -0.151. The van der Waals surface area contributed by atoms with Gasteiger partial charge in [-0.3, -0.25) is 0 Å². The molecule has 4 rings (SSSR count). The Kier molecular flexibility index (Phi) is 5.07. The van der Waals surface area contributed by atoms with Gasteiger partial charge in [0.05, 0.1) is 22.7 Å². The lowest BCUT2D eigenvalue weighted by Gasteiger charge is -2.35. The quantitative estimate of drug-likeness (QED) is 0.592. The van der Waals surface area contributed by atoms with E-state index in [4.69, 9.17) is 13.9 Å². The van der Waals surface area contributed by atoms with Crippen LogP contribution in [0.5, 0.6) is 5.75 Å². The van der Waals surface area contributed by atoms with Gasteiger partial charge >= 0.3 is 5.63 Å². The van der Waals surface area contributed by atoms with Crippen LogP contribution in [-0.4, -0.2) is 28.5 Å². The third kappa shape index (κ3) is 3.74. The van der Waals surface area contributed by atoms with Crippen molar-refractivity contribution in [2.24, 2.45) is 0 Å². The first-order valence-corrected chi connectivity index (χ1v) is 10.4. The van der Waals surface area contributed by atoms with Crippen LogP contribution >= 0.6 is 0 Å². The van der Waals surface area contributed by atoms with E-state index in [2.05, 4.69) is 19.9 Å². The Morgan fingerprint density at radius 2 is 2.10 bits per heavy atom. The first kappa shape index (κ1) is 20.2. The topological polar surface area (TPSA) is 68.9 Å². The van der Waals surface area contributed by atoms with Crippen LogP contribution < -0.4 is 10.4 Å². The summed E-state index contributed by atoms with van der Waals surface area (Å²) in [6.07, 6.45) is 5.10. The zero-order chi connectivity index (χ0) is 20.8. The highest BCUT2D eigenvalue weighted by molar-refractivity contribution is 5.84. The van der Waals surface area contributed by atoms with Gasteiger partial charge < -0.3 is 19.0 Å². The molecule has 0 bridgehead atoms. The molecule has 2 aliphatic heterocycles. The molecule has 4 atom stereocenters. The summed E-state index contributed by atoms with van der Waals surface area (Å²) in [6, 6.07) is 7.44. The van der Waals surface area contributed by atoms with Gasteiger partial charge in [0.1, 0.15) is 23.0 Å². The molecule has 0 saturated carbocycles. The summed E-state index contributed by atoms with van der Waals surface area (Å²) < 4.78 is 18.2. The van der Waals surface area contributed by atoms with Crippen LogP contribution in [0.15, 0.2) is 45.1 Å². The van der Waals surface area contributed by atoms with E-state index in [-0.39, 0.29) is 17.8 Å². The second kappa shape index (κ2) is 7.29. The van der Waals surface area contributed by atoms with E-state index in [9.17, 15) is 9.90 Å². The molecule has 2 aliphatic rings. The Balaban J connectivity index is 1.52. The molecule has 1 saturated heterocycles. The third-order valence-corrected chi connectivity index (χ3v) is 6.40. The predicted molar refractivity (Wildman–Crippen MR) is 112 cm³/mol. The summed E-state index contributed by atoms with van der Waals surface area (Å²) in [4.78, 5) is 12.5. The van der Waals surface area contributed by atoms with Gasteiger partial charge in [-0.15, -0.1) is 0 Å². The van der Waals surface area contributed by atoms with Crippen LogP contribution in [0.4, 0.5) is 0 Å². The van der Waals surface area contributed by atoms with Gasteiger partial charge in [-0.1, -0.05) is 23.8 Å². The normalized spacial score (nSPS) is 28.0. The Morgan fingerprint density at radius 3 is 2.86 bits per heavy atom. The summed E-state index contributed by atoms with van der Waals surface area (Å²) >= 11 is 0. The van der Waals surface area contributed by atoms with E-state index in [1.54, 1.807) is 6.07 Å². The van der Waals surface area contributed by atoms with Gasteiger partial charge in [0.2, 0.25) is 0 Å². The van der Waals surface area contributed by atoms with Crippen molar-refractivity contribution >= 4 is 11.0 Å². The van der Waals surface area contributed by atoms with Gasteiger partial charge in [0, 0.05) is 6.42 Å². The van der Waals surface area contributed by atoms with Crippen molar-refractivity contribution < 1.29 is 19.0 Å². The highest BCUT2D eigenvalue weighted by atomic mass is 16.6. The first-order chi connectivity index (χ1) is 13.7. The van der Waals surface area contributed by atoms with E-state index < -0.39 is 11.2 Å². The smallest absolute Gasteiger partial charge is 0.343 e. The Morgan fingerprint density at radius 1 is 1.34 bits per heavy atom. The number of ether oxygens (including phenoxy) is 2. The molecular weight excluding hydrogens is 368 g/mol. The van der Waals surface area contributed by atoms with Gasteiger partial charge in [-0.05, 0) is 65.5 Å². The highest BCUT2D eigenvalue weighted by Gasteiger charge is 2.51. The summed E-state index contributed by atoms with van der Waals surface area (Å²) in [7, 11) is 0. The van der Waals surface area contributed by atoms with E-state index in [1.807, 2.05) is 32.0 Å². The number of para-hydroxylation sites is 1. The Bertz CT molecular complexity index is 998. The Hall–Kier alpha value is -2.11. The molecular formula is C24H30O5. The summed E-state index contributed by atoms with van der Waals surface area (Å²) in [5.41, 5.74) is 0.569. The molecule has 1 aromatic carbocycles. The standard InChI is InChI=1S/C24H30O5/c1-15(2)8-7-12-23(3,26)19-11-13-24(4,29-19)20-14-17-21(28-20)16-9-5-6-10-18(16)27-22(17)25/h5-6,8-10,19-20,26H,7,11-14H2,1-4H3/t19-,20?,23?,24+/m0/s1. The van der Waals surface area contributed by atoms with E-state index >= 15 is 0 Å². The van der Waals surface area contributed by atoms with Crippen LogP contribution in [0.2, 0.25) is 0 Å². The van der Waals surface area contributed by atoms with Crippen molar-refractivity contribution in [3.8, 4) is 5.75 Å². The first-order valence-electron chi connectivity index (χ1n) is 10.4. The third-order valence-electron chi connectivity index (χ3n) is 6.40. The summed E-state index contributed by atoms with van der Waals surface area (Å²) in [5.74, 6) is 0.616. The summed E-state index contributed by atoms with van der Waals surface area (Å²) in [5, 5.41) is 11.8. The molecule has 0 radical (unpaired) electrons. The molecule has 0 aliphatic carbocycles. The molecule has 5 nitrogen and oxygen atoms in total. The van der Waals surface area contributed by atoms with Crippen molar-refractivity contribution in [2.45, 2.75) is 83.2 Å². The molecule has 1 N–H and O–H groups in total. The maximum absolute atomic E-state index is 12.5. The van der Waals surface area contributed by atoms with Crippen molar-refractivity contribution in [3.05, 3.63) is 51.9 Å². The number of fused-ring (bicyclic) bond motifs is 3. The predicted octanol–water partition coefficient (Wildman–Crippen LogP) is 4.53. The number of hydrogen-bond donors (Lipinski definition) is 1. The SMILES string of the molecule is CC(C)=CCCC(C)(O)[C@@H]1CC[C@](C)(C2Cc3c(c4ccccc4oc3=O)O2)O1. The molecule has 1 fully saturated rings.